The van der Waals surface area contributed by atoms with Gasteiger partial charge in [0.25, 0.3) is 5.91 Å². The summed E-state index contributed by atoms with van der Waals surface area (Å²) < 4.78 is 1.86. The van der Waals surface area contributed by atoms with Crippen LogP contribution < -0.4 is 10.6 Å². The van der Waals surface area contributed by atoms with Gasteiger partial charge in [0.15, 0.2) is 0 Å². The molecule has 150 valence electrons. The van der Waals surface area contributed by atoms with Crippen molar-refractivity contribution in [3.63, 3.8) is 0 Å². The van der Waals surface area contributed by atoms with Gasteiger partial charge in [0.2, 0.25) is 0 Å². The van der Waals surface area contributed by atoms with Crippen LogP contribution in [0, 0.1) is 0 Å². The maximum Gasteiger partial charge on any atom is 0.252 e. The zero-order valence-electron chi connectivity index (χ0n) is 16.7. The normalized spacial score (nSPS) is 14.4. The molecule has 1 saturated carbocycles. The predicted molar refractivity (Wildman–Crippen MR) is 118 cm³/mol. The molecule has 0 spiro atoms. The molecular formula is C24H23N5O. The van der Waals surface area contributed by atoms with E-state index in [4.69, 9.17) is 4.98 Å². The number of hydrogen-bond donors (Lipinski definition) is 2. The van der Waals surface area contributed by atoms with E-state index in [1.54, 1.807) is 6.20 Å². The first-order chi connectivity index (χ1) is 14.7. The van der Waals surface area contributed by atoms with Crippen molar-refractivity contribution in [2.75, 3.05) is 5.32 Å². The predicted octanol–water partition coefficient (Wildman–Crippen LogP) is 4.49. The molecule has 0 saturated heterocycles. The fourth-order valence-electron chi connectivity index (χ4n) is 3.70. The molecule has 1 atom stereocenters. The fourth-order valence-corrected chi connectivity index (χ4v) is 3.70. The molecule has 1 aliphatic carbocycles. The Balaban J connectivity index is 1.49. The van der Waals surface area contributed by atoms with Crippen LogP contribution in [-0.4, -0.2) is 26.7 Å². The maximum atomic E-state index is 12.8. The van der Waals surface area contributed by atoms with Crippen LogP contribution in [0.3, 0.4) is 0 Å². The van der Waals surface area contributed by atoms with Gasteiger partial charge >= 0.3 is 0 Å². The highest BCUT2D eigenvalue weighted by Crippen LogP contribution is 2.27. The average Bonchev–Trinajstić information content (AvgIpc) is 3.41. The quantitative estimate of drug-likeness (QED) is 0.503. The van der Waals surface area contributed by atoms with E-state index < -0.39 is 0 Å². The highest BCUT2D eigenvalue weighted by molar-refractivity contribution is 6.07. The highest BCUT2D eigenvalue weighted by Gasteiger charge is 2.25. The van der Waals surface area contributed by atoms with Crippen molar-refractivity contribution in [3.05, 3.63) is 84.2 Å². The molecule has 0 radical (unpaired) electrons. The Morgan fingerprint density at radius 2 is 1.90 bits per heavy atom. The maximum absolute atomic E-state index is 12.8. The van der Waals surface area contributed by atoms with Gasteiger partial charge in [0, 0.05) is 23.8 Å². The Labute approximate surface area is 174 Å². The summed E-state index contributed by atoms with van der Waals surface area (Å²) >= 11 is 0. The molecule has 4 aromatic rings. The summed E-state index contributed by atoms with van der Waals surface area (Å²) in [7, 11) is 0. The molecule has 0 bridgehead atoms. The largest absolute Gasteiger partial charge is 0.363 e. The minimum absolute atomic E-state index is 0.0293. The van der Waals surface area contributed by atoms with Crippen molar-refractivity contribution in [1.29, 1.82) is 0 Å². The molecule has 6 nitrogen and oxygen atoms in total. The summed E-state index contributed by atoms with van der Waals surface area (Å²) in [5.74, 6) is 0.640. The third kappa shape index (κ3) is 3.64. The lowest BCUT2D eigenvalue weighted by Crippen LogP contribution is -2.26. The van der Waals surface area contributed by atoms with Crippen molar-refractivity contribution in [3.8, 4) is 5.69 Å². The van der Waals surface area contributed by atoms with Gasteiger partial charge in [-0.1, -0.05) is 36.4 Å². The molecule has 1 unspecified atom stereocenters. The molecule has 5 rings (SSSR count). The zero-order chi connectivity index (χ0) is 20.5. The van der Waals surface area contributed by atoms with Crippen molar-refractivity contribution in [2.24, 2.45) is 0 Å². The summed E-state index contributed by atoms with van der Waals surface area (Å²) in [4.78, 5) is 17.6. The lowest BCUT2D eigenvalue weighted by Gasteiger charge is -2.19. The molecule has 2 aromatic carbocycles. The van der Waals surface area contributed by atoms with Gasteiger partial charge in [0.1, 0.15) is 5.82 Å². The standard InChI is InChI=1S/C24H23N5O/c1-16(18-7-3-5-10-22(18)29-14-6-13-25-29)26-23-15-20(24(30)27-17-11-12-17)19-8-2-4-9-21(19)28-23/h2-10,13-17H,11-12H2,1H3,(H,26,28)(H,27,30). The van der Waals surface area contributed by atoms with Gasteiger partial charge in [-0.2, -0.15) is 5.10 Å². The highest BCUT2D eigenvalue weighted by atomic mass is 16.1. The monoisotopic (exact) mass is 397 g/mol. The van der Waals surface area contributed by atoms with Crippen LogP contribution >= 0.6 is 0 Å². The van der Waals surface area contributed by atoms with E-state index in [0.29, 0.717) is 17.4 Å². The number of rotatable bonds is 6. The summed E-state index contributed by atoms with van der Waals surface area (Å²) in [5.41, 5.74) is 3.56. The summed E-state index contributed by atoms with van der Waals surface area (Å²) in [6.07, 6.45) is 5.81. The Morgan fingerprint density at radius 1 is 1.10 bits per heavy atom. The summed E-state index contributed by atoms with van der Waals surface area (Å²) in [6, 6.07) is 20.0. The van der Waals surface area contributed by atoms with Gasteiger partial charge in [-0.25, -0.2) is 9.67 Å². The van der Waals surface area contributed by atoms with Gasteiger partial charge in [-0.15, -0.1) is 0 Å². The number of carbonyl (C=O) groups excluding carboxylic acids is 1. The Hall–Kier alpha value is -3.67. The van der Waals surface area contributed by atoms with Gasteiger partial charge in [-0.05, 0) is 49.6 Å². The number of carbonyl (C=O) groups is 1. The first-order valence-corrected chi connectivity index (χ1v) is 10.2. The topological polar surface area (TPSA) is 71.8 Å². The van der Waals surface area contributed by atoms with Gasteiger partial charge < -0.3 is 10.6 Å². The zero-order valence-corrected chi connectivity index (χ0v) is 16.7. The van der Waals surface area contributed by atoms with E-state index in [9.17, 15) is 4.79 Å². The van der Waals surface area contributed by atoms with Crippen LogP contribution in [0.5, 0.6) is 0 Å². The third-order valence-electron chi connectivity index (χ3n) is 5.39. The molecule has 2 aromatic heterocycles. The molecule has 0 aliphatic heterocycles. The lowest BCUT2D eigenvalue weighted by molar-refractivity contribution is 0.0952. The van der Waals surface area contributed by atoms with E-state index in [1.807, 2.05) is 65.5 Å². The first-order valence-electron chi connectivity index (χ1n) is 10.2. The van der Waals surface area contributed by atoms with Crippen molar-refractivity contribution in [2.45, 2.75) is 31.8 Å². The number of nitrogens with zero attached hydrogens (tertiary/aromatic N) is 3. The molecule has 2 N–H and O–H groups in total. The SMILES string of the molecule is CC(Nc1cc(C(=O)NC2CC2)c2ccccc2n1)c1ccccc1-n1cccn1. The second-order valence-electron chi connectivity index (χ2n) is 7.70. The van der Waals surface area contributed by atoms with Crippen LogP contribution in [0.25, 0.3) is 16.6 Å². The number of aromatic nitrogens is 3. The number of benzene rings is 2. The smallest absolute Gasteiger partial charge is 0.252 e. The van der Waals surface area contributed by atoms with Crippen LogP contribution in [0.1, 0.15) is 41.7 Å². The van der Waals surface area contributed by atoms with Crippen molar-refractivity contribution < 1.29 is 4.79 Å². The molecule has 1 fully saturated rings. The molecule has 1 amide bonds. The number of pyridine rings is 1. The number of amides is 1. The Morgan fingerprint density at radius 3 is 2.70 bits per heavy atom. The Kier molecular flexibility index (Phi) is 4.67. The number of hydrogen-bond acceptors (Lipinski definition) is 4. The van der Waals surface area contributed by atoms with Crippen LogP contribution in [-0.2, 0) is 0 Å². The minimum atomic E-state index is -0.0382. The first kappa shape index (κ1) is 18.4. The van der Waals surface area contributed by atoms with E-state index in [-0.39, 0.29) is 11.9 Å². The third-order valence-corrected chi connectivity index (χ3v) is 5.39. The number of para-hydroxylation sites is 2. The molecule has 30 heavy (non-hydrogen) atoms. The van der Waals surface area contributed by atoms with Crippen LogP contribution in [0.15, 0.2) is 73.1 Å². The van der Waals surface area contributed by atoms with Crippen molar-refractivity contribution >= 4 is 22.6 Å². The number of fused-ring (bicyclic) bond motifs is 1. The van der Waals surface area contributed by atoms with Crippen LogP contribution in [0.2, 0.25) is 0 Å². The van der Waals surface area contributed by atoms with Crippen LogP contribution in [0.4, 0.5) is 5.82 Å². The van der Waals surface area contributed by atoms with Gasteiger partial charge in [0.05, 0.1) is 22.8 Å². The van der Waals surface area contributed by atoms with E-state index >= 15 is 0 Å². The molecule has 2 heterocycles. The van der Waals surface area contributed by atoms with E-state index in [2.05, 4.69) is 28.7 Å². The fraction of sp³-hybridized carbons (Fsp3) is 0.208. The molecule has 1 aliphatic rings. The average molecular weight is 397 g/mol. The second kappa shape index (κ2) is 7.63. The van der Waals surface area contributed by atoms with E-state index in [0.717, 1.165) is 35.0 Å². The number of anilines is 1. The molecular weight excluding hydrogens is 374 g/mol. The Bertz CT molecular complexity index is 1200. The van der Waals surface area contributed by atoms with E-state index in [1.165, 1.54) is 0 Å². The second-order valence-corrected chi connectivity index (χ2v) is 7.70. The summed E-state index contributed by atoms with van der Waals surface area (Å²) in [5, 5.41) is 11.8. The van der Waals surface area contributed by atoms with Crippen molar-refractivity contribution in [1.82, 2.24) is 20.1 Å². The minimum Gasteiger partial charge on any atom is -0.363 e. The van der Waals surface area contributed by atoms with Gasteiger partial charge in [-0.3, -0.25) is 4.79 Å². The molecule has 6 heteroatoms. The summed E-state index contributed by atoms with van der Waals surface area (Å²) in [6.45, 7) is 2.09. The number of nitrogens with one attached hydrogen (secondary N) is 2. The lowest BCUT2D eigenvalue weighted by atomic mass is 10.0.